The van der Waals surface area contributed by atoms with Gasteiger partial charge in [-0.1, -0.05) is 12.1 Å². The van der Waals surface area contributed by atoms with Crippen molar-refractivity contribution in [1.29, 1.82) is 0 Å². The maximum atomic E-state index is 5.52. The van der Waals surface area contributed by atoms with Crippen molar-refractivity contribution in [3.8, 4) is 5.75 Å². The van der Waals surface area contributed by atoms with Gasteiger partial charge in [-0.15, -0.1) is 35.3 Å². The zero-order valence-electron chi connectivity index (χ0n) is 14.3. The van der Waals surface area contributed by atoms with Crippen molar-refractivity contribution in [3.63, 3.8) is 0 Å². The van der Waals surface area contributed by atoms with E-state index in [2.05, 4.69) is 33.6 Å². The second-order valence-corrected chi connectivity index (χ2v) is 6.37. The molecule has 132 valence electrons. The van der Waals surface area contributed by atoms with E-state index in [1.807, 2.05) is 31.3 Å². The Morgan fingerprint density at radius 1 is 1.33 bits per heavy atom. The number of guanidine groups is 1. The highest BCUT2D eigenvalue weighted by molar-refractivity contribution is 14.0. The quantitative estimate of drug-likeness (QED) is 0.378. The summed E-state index contributed by atoms with van der Waals surface area (Å²) in [7, 11) is 1.78. The number of rotatable bonds is 7. The zero-order valence-corrected chi connectivity index (χ0v) is 17.5. The fourth-order valence-corrected chi connectivity index (χ4v) is 2.91. The van der Waals surface area contributed by atoms with Gasteiger partial charge in [0.05, 0.1) is 11.6 Å². The largest absolute Gasteiger partial charge is 0.494 e. The van der Waals surface area contributed by atoms with Gasteiger partial charge >= 0.3 is 0 Å². The Kier molecular flexibility index (Phi) is 9.70. The third kappa shape index (κ3) is 7.04. The molecule has 5 nitrogen and oxygen atoms in total. The number of aromatic nitrogens is 1. The van der Waals surface area contributed by atoms with Gasteiger partial charge in [-0.05, 0) is 31.5 Å². The number of aryl methyl sites for hydroxylation is 1. The van der Waals surface area contributed by atoms with Crippen LogP contribution in [0.4, 0.5) is 0 Å². The van der Waals surface area contributed by atoms with Gasteiger partial charge < -0.3 is 15.4 Å². The van der Waals surface area contributed by atoms with E-state index in [0.717, 1.165) is 35.2 Å². The van der Waals surface area contributed by atoms with E-state index in [1.165, 1.54) is 4.88 Å². The summed E-state index contributed by atoms with van der Waals surface area (Å²) in [6.07, 6.45) is 2.82. The van der Waals surface area contributed by atoms with Crippen LogP contribution in [0.25, 0.3) is 0 Å². The van der Waals surface area contributed by atoms with Crippen LogP contribution < -0.4 is 15.4 Å². The smallest absolute Gasteiger partial charge is 0.191 e. The molecule has 0 saturated heterocycles. The van der Waals surface area contributed by atoms with Crippen LogP contribution in [-0.4, -0.2) is 31.1 Å². The molecule has 0 spiro atoms. The second kappa shape index (κ2) is 11.2. The summed E-state index contributed by atoms with van der Waals surface area (Å²) in [6, 6.07) is 8.09. The molecule has 7 heteroatoms. The molecule has 1 aromatic heterocycles. The minimum atomic E-state index is 0. The molecule has 0 saturated carbocycles. The van der Waals surface area contributed by atoms with Crippen LogP contribution in [0.5, 0.6) is 5.75 Å². The highest BCUT2D eigenvalue weighted by atomic mass is 127. The fourth-order valence-electron chi connectivity index (χ4n) is 2.12. The first-order valence-corrected chi connectivity index (χ1v) is 8.60. The number of benzene rings is 1. The van der Waals surface area contributed by atoms with E-state index in [0.29, 0.717) is 13.2 Å². The van der Waals surface area contributed by atoms with E-state index in [4.69, 9.17) is 4.74 Å². The summed E-state index contributed by atoms with van der Waals surface area (Å²) in [4.78, 5) is 9.85. The lowest BCUT2D eigenvalue weighted by Gasteiger charge is -2.12. The predicted octanol–water partition coefficient (Wildman–Crippen LogP) is 3.38. The molecule has 0 atom stereocenters. The van der Waals surface area contributed by atoms with Crippen molar-refractivity contribution in [3.05, 3.63) is 45.9 Å². The average Bonchev–Trinajstić information content (AvgIpc) is 2.97. The lowest BCUT2D eigenvalue weighted by atomic mass is 10.2. The topological polar surface area (TPSA) is 58.5 Å². The first-order chi connectivity index (χ1) is 11.2. The van der Waals surface area contributed by atoms with Crippen molar-refractivity contribution in [2.75, 3.05) is 20.2 Å². The molecule has 2 aromatic rings. The predicted molar refractivity (Wildman–Crippen MR) is 112 cm³/mol. The van der Waals surface area contributed by atoms with Gasteiger partial charge in [-0.3, -0.25) is 4.99 Å². The van der Waals surface area contributed by atoms with Crippen LogP contribution in [0, 0.1) is 6.92 Å². The van der Waals surface area contributed by atoms with E-state index < -0.39 is 0 Å². The molecule has 2 N–H and O–H groups in total. The number of aliphatic imine (C=N–C) groups is 1. The summed E-state index contributed by atoms with van der Waals surface area (Å²) < 4.78 is 5.52. The van der Waals surface area contributed by atoms with Gasteiger partial charge in [0.1, 0.15) is 5.75 Å². The average molecular weight is 460 g/mol. The Morgan fingerprint density at radius 3 is 2.83 bits per heavy atom. The van der Waals surface area contributed by atoms with Crippen molar-refractivity contribution in [1.82, 2.24) is 15.6 Å². The van der Waals surface area contributed by atoms with E-state index >= 15 is 0 Å². The van der Waals surface area contributed by atoms with E-state index in [-0.39, 0.29) is 24.0 Å². The molecule has 24 heavy (non-hydrogen) atoms. The number of thiazole rings is 1. The van der Waals surface area contributed by atoms with Crippen molar-refractivity contribution in [2.24, 2.45) is 4.99 Å². The van der Waals surface area contributed by atoms with E-state index in [9.17, 15) is 0 Å². The van der Waals surface area contributed by atoms with Crippen LogP contribution >= 0.6 is 35.3 Å². The summed E-state index contributed by atoms with van der Waals surface area (Å²) in [5.41, 5.74) is 1.16. The minimum absolute atomic E-state index is 0. The van der Waals surface area contributed by atoms with Gasteiger partial charge in [-0.25, -0.2) is 4.98 Å². The molecule has 0 bridgehead atoms. The molecule has 2 rings (SSSR count). The van der Waals surface area contributed by atoms with E-state index in [1.54, 1.807) is 18.4 Å². The first kappa shape index (κ1) is 20.7. The normalized spacial score (nSPS) is 10.9. The molecule has 0 unspecified atom stereocenters. The maximum Gasteiger partial charge on any atom is 0.191 e. The zero-order chi connectivity index (χ0) is 16.5. The third-order valence-electron chi connectivity index (χ3n) is 3.19. The third-order valence-corrected chi connectivity index (χ3v) is 4.17. The van der Waals surface area contributed by atoms with Crippen molar-refractivity contribution < 1.29 is 4.74 Å². The van der Waals surface area contributed by atoms with Gasteiger partial charge in [0.25, 0.3) is 0 Å². The van der Waals surface area contributed by atoms with Gasteiger partial charge in [0, 0.05) is 37.6 Å². The molecule has 0 fully saturated rings. The number of hydrogen-bond acceptors (Lipinski definition) is 4. The number of nitrogens with one attached hydrogen (secondary N) is 2. The fraction of sp³-hybridized carbons (Fsp3) is 0.412. The Bertz CT molecular complexity index is 645. The molecule has 0 aliphatic rings. The number of nitrogens with zero attached hydrogens (tertiary/aromatic N) is 2. The highest BCUT2D eigenvalue weighted by Crippen LogP contribution is 2.13. The van der Waals surface area contributed by atoms with Gasteiger partial charge in [0.15, 0.2) is 5.96 Å². The Labute approximate surface area is 165 Å². The lowest BCUT2D eigenvalue weighted by molar-refractivity contribution is 0.340. The van der Waals surface area contributed by atoms with Crippen LogP contribution in [0.1, 0.15) is 22.4 Å². The SMILES string of the molecule is CCOc1cccc(CNC(=NC)NCCc2ncc(C)s2)c1.I. The minimum Gasteiger partial charge on any atom is -0.494 e. The highest BCUT2D eigenvalue weighted by Gasteiger charge is 2.02. The summed E-state index contributed by atoms with van der Waals surface area (Å²) >= 11 is 1.74. The Hall–Kier alpha value is -1.35. The number of halogens is 1. The summed E-state index contributed by atoms with van der Waals surface area (Å²) in [5.74, 6) is 1.69. The Morgan fingerprint density at radius 2 is 2.17 bits per heavy atom. The van der Waals surface area contributed by atoms with Crippen molar-refractivity contribution >= 4 is 41.3 Å². The van der Waals surface area contributed by atoms with Crippen LogP contribution in [0.15, 0.2) is 35.5 Å². The molecule has 0 radical (unpaired) electrons. The molecule has 0 aliphatic carbocycles. The molecule has 0 aliphatic heterocycles. The Balaban J connectivity index is 0.00000288. The van der Waals surface area contributed by atoms with Gasteiger partial charge in [-0.2, -0.15) is 0 Å². The lowest BCUT2D eigenvalue weighted by Crippen LogP contribution is -2.37. The molecule has 1 aromatic carbocycles. The van der Waals surface area contributed by atoms with Crippen LogP contribution in [0.3, 0.4) is 0 Å². The standard InChI is InChI=1S/C17H24N4OS.HI/c1-4-22-15-7-5-6-14(10-15)12-21-17(18-3)19-9-8-16-20-11-13(2)23-16;/h5-7,10-11H,4,8-9,12H2,1-3H3,(H2,18,19,21);1H. The monoisotopic (exact) mass is 460 g/mol. The molecule has 1 heterocycles. The maximum absolute atomic E-state index is 5.52. The van der Waals surface area contributed by atoms with Gasteiger partial charge in [0.2, 0.25) is 0 Å². The van der Waals surface area contributed by atoms with Crippen LogP contribution in [0.2, 0.25) is 0 Å². The second-order valence-electron chi connectivity index (χ2n) is 5.05. The van der Waals surface area contributed by atoms with Crippen molar-refractivity contribution in [2.45, 2.75) is 26.8 Å². The number of ether oxygens (including phenoxy) is 1. The first-order valence-electron chi connectivity index (χ1n) is 7.79. The summed E-state index contributed by atoms with van der Waals surface area (Å²) in [5, 5.41) is 7.77. The molecular formula is C17H25IN4OS. The number of hydrogen-bond donors (Lipinski definition) is 2. The summed E-state index contributed by atoms with van der Waals surface area (Å²) in [6.45, 7) is 6.25. The van der Waals surface area contributed by atoms with Crippen LogP contribution in [-0.2, 0) is 13.0 Å². The molecular weight excluding hydrogens is 435 g/mol. The molecule has 0 amide bonds.